The fourth-order valence-corrected chi connectivity index (χ4v) is 2.27. The first-order chi connectivity index (χ1) is 9.19. The van der Waals surface area contributed by atoms with Crippen LogP contribution in [0.3, 0.4) is 0 Å². The van der Waals surface area contributed by atoms with Crippen LogP contribution in [0.4, 0.5) is 4.79 Å². The average molecular weight is 285 g/mol. The minimum Gasteiger partial charge on any atom is -0.480 e. The van der Waals surface area contributed by atoms with Gasteiger partial charge in [0.25, 0.3) is 0 Å². The van der Waals surface area contributed by atoms with E-state index in [2.05, 4.69) is 5.32 Å². The molecule has 1 amide bonds. The Morgan fingerprint density at radius 2 is 2.10 bits per heavy atom. The van der Waals surface area contributed by atoms with Crippen molar-refractivity contribution >= 4 is 17.8 Å². The summed E-state index contributed by atoms with van der Waals surface area (Å²) in [6.45, 7) is 5.12. The molecule has 0 radical (unpaired) electrons. The molecule has 0 aliphatic heterocycles. The molecule has 0 spiro atoms. The Balaban J connectivity index is 2.46. The highest BCUT2D eigenvalue weighted by Crippen LogP contribution is 2.26. The molecule has 6 heteroatoms. The number of carbonyl (C=O) groups is 3. The predicted octanol–water partition coefficient (Wildman–Crippen LogP) is 2.11. The molecule has 20 heavy (non-hydrogen) atoms. The summed E-state index contributed by atoms with van der Waals surface area (Å²) in [5.41, 5.74) is -0.672. The van der Waals surface area contributed by atoms with Gasteiger partial charge in [-0.15, -0.1) is 0 Å². The monoisotopic (exact) mass is 285 g/mol. The number of carbonyl (C=O) groups excluding carboxylic acids is 2. The van der Waals surface area contributed by atoms with E-state index in [1.54, 1.807) is 20.8 Å². The van der Waals surface area contributed by atoms with Crippen LogP contribution in [-0.4, -0.2) is 34.6 Å². The van der Waals surface area contributed by atoms with Crippen LogP contribution < -0.4 is 5.32 Å². The van der Waals surface area contributed by atoms with Crippen molar-refractivity contribution in [1.82, 2.24) is 5.32 Å². The van der Waals surface area contributed by atoms with Gasteiger partial charge in [0.2, 0.25) is 0 Å². The number of ether oxygens (including phenoxy) is 1. The van der Waals surface area contributed by atoms with Crippen molar-refractivity contribution in [2.45, 2.75) is 64.5 Å². The molecule has 0 aromatic heterocycles. The first-order valence-electron chi connectivity index (χ1n) is 6.94. The van der Waals surface area contributed by atoms with Crippen molar-refractivity contribution in [3.63, 3.8) is 0 Å². The molecule has 1 rings (SSSR count). The lowest BCUT2D eigenvalue weighted by molar-refractivity contribution is -0.140. The molecule has 0 heterocycles. The topological polar surface area (TPSA) is 92.7 Å². The van der Waals surface area contributed by atoms with E-state index in [0.717, 1.165) is 12.8 Å². The van der Waals surface area contributed by atoms with Gasteiger partial charge >= 0.3 is 12.1 Å². The van der Waals surface area contributed by atoms with Gasteiger partial charge < -0.3 is 15.2 Å². The fourth-order valence-electron chi connectivity index (χ4n) is 2.27. The van der Waals surface area contributed by atoms with E-state index in [4.69, 9.17) is 9.84 Å². The smallest absolute Gasteiger partial charge is 0.408 e. The van der Waals surface area contributed by atoms with Gasteiger partial charge in [0, 0.05) is 12.3 Å². The first-order valence-corrected chi connectivity index (χ1v) is 6.94. The molecule has 0 aromatic rings. The molecule has 2 unspecified atom stereocenters. The maximum atomic E-state index is 11.6. The molecule has 114 valence electrons. The normalized spacial score (nSPS) is 20.6. The number of Topliss-reactive ketones (excluding diaryl/α,β-unsaturated/α-hetero) is 1. The lowest BCUT2D eigenvalue weighted by atomic mass is 9.98. The second kappa shape index (κ2) is 6.72. The molecule has 0 bridgehead atoms. The molecular formula is C14H23NO5. The molecule has 0 saturated heterocycles. The van der Waals surface area contributed by atoms with Crippen LogP contribution in [0, 0.1) is 5.92 Å². The molecule has 1 saturated carbocycles. The summed E-state index contributed by atoms with van der Waals surface area (Å²) in [4.78, 5) is 34.2. The molecule has 0 aromatic carbocycles. The largest absolute Gasteiger partial charge is 0.480 e. The van der Waals surface area contributed by atoms with E-state index in [0.29, 0.717) is 12.8 Å². The van der Waals surface area contributed by atoms with Crippen LogP contribution in [0.25, 0.3) is 0 Å². The molecular weight excluding hydrogens is 262 g/mol. The highest BCUT2D eigenvalue weighted by molar-refractivity contribution is 5.83. The van der Waals surface area contributed by atoms with Gasteiger partial charge in [-0.2, -0.15) is 0 Å². The number of hydrogen-bond acceptors (Lipinski definition) is 4. The van der Waals surface area contributed by atoms with Crippen molar-refractivity contribution < 1.29 is 24.2 Å². The van der Waals surface area contributed by atoms with Crippen molar-refractivity contribution in [2.75, 3.05) is 0 Å². The van der Waals surface area contributed by atoms with E-state index < -0.39 is 23.7 Å². The fraction of sp³-hybridized carbons (Fsp3) is 0.786. The maximum Gasteiger partial charge on any atom is 0.408 e. The van der Waals surface area contributed by atoms with Crippen molar-refractivity contribution in [3.8, 4) is 0 Å². The number of hydrogen-bond donors (Lipinski definition) is 2. The third-order valence-corrected chi connectivity index (χ3v) is 3.22. The minimum atomic E-state index is -1.11. The van der Waals surface area contributed by atoms with E-state index in [-0.39, 0.29) is 18.1 Å². The van der Waals surface area contributed by atoms with Crippen LogP contribution in [0.1, 0.15) is 52.9 Å². The summed E-state index contributed by atoms with van der Waals surface area (Å²) in [6.07, 6.45) is 2.26. The Labute approximate surface area is 118 Å². The van der Waals surface area contributed by atoms with Gasteiger partial charge in [-0.3, -0.25) is 4.79 Å². The number of ketones is 1. The molecule has 1 aliphatic carbocycles. The second-order valence-electron chi connectivity index (χ2n) is 6.17. The molecule has 2 N–H and O–H groups in total. The number of carboxylic acids is 1. The zero-order valence-electron chi connectivity index (χ0n) is 12.3. The Morgan fingerprint density at radius 1 is 1.45 bits per heavy atom. The Kier molecular flexibility index (Phi) is 5.53. The summed E-state index contributed by atoms with van der Waals surface area (Å²) >= 11 is 0. The third-order valence-electron chi connectivity index (χ3n) is 3.22. The van der Waals surface area contributed by atoms with Crippen LogP contribution in [0.5, 0.6) is 0 Å². The van der Waals surface area contributed by atoms with Gasteiger partial charge in [-0.25, -0.2) is 9.59 Å². The summed E-state index contributed by atoms with van der Waals surface area (Å²) in [6, 6.07) is -1.02. The van der Waals surface area contributed by atoms with Gasteiger partial charge in [-0.1, -0.05) is 0 Å². The first kappa shape index (κ1) is 16.5. The van der Waals surface area contributed by atoms with E-state index in [1.165, 1.54) is 0 Å². The zero-order valence-corrected chi connectivity index (χ0v) is 12.3. The van der Waals surface area contributed by atoms with E-state index in [1.807, 2.05) is 0 Å². The SMILES string of the molecule is CC(C)(C)OC(=O)NC(CCC1CCCC1=O)C(=O)O. The summed E-state index contributed by atoms with van der Waals surface area (Å²) in [7, 11) is 0. The highest BCUT2D eigenvalue weighted by atomic mass is 16.6. The quantitative estimate of drug-likeness (QED) is 0.807. The second-order valence-corrected chi connectivity index (χ2v) is 6.17. The molecule has 2 atom stereocenters. The lowest BCUT2D eigenvalue weighted by Gasteiger charge is -2.22. The van der Waals surface area contributed by atoms with E-state index >= 15 is 0 Å². The van der Waals surface area contributed by atoms with Crippen LogP contribution >= 0.6 is 0 Å². The maximum absolute atomic E-state index is 11.6. The standard InChI is InChI=1S/C14H23NO5/c1-14(2,3)20-13(19)15-10(12(17)18)8-7-9-5-4-6-11(9)16/h9-10H,4-8H2,1-3H3,(H,15,19)(H,17,18). The highest BCUT2D eigenvalue weighted by Gasteiger charge is 2.28. The summed E-state index contributed by atoms with van der Waals surface area (Å²) < 4.78 is 5.03. The third kappa shape index (κ3) is 5.59. The number of aliphatic carboxylic acids is 1. The Bertz CT molecular complexity index is 386. The Morgan fingerprint density at radius 3 is 2.55 bits per heavy atom. The average Bonchev–Trinajstić information content (AvgIpc) is 2.67. The van der Waals surface area contributed by atoms with Crippen molar-refractivity contribution in [1.29, 1.82) is 0 Å². The minimum absolute atomic E-state index is 0.0581. The number of carboxylic acid groups (broad SMARTS) is 1. The molecule has 6 nitrogen and oxygen atoms in total. The van der Waals surface area contributed by atoms with E-state index in [9.17, 15) is 14.4 Å². The summed E-state index contributed by atoms with van der Waals surface area (Å²) in [5.74, 6) is -0.968. The van der Waals surface area contributed by atoms with Gasteiger partial charge in [-0.05, 0) is 46.5 Å². The van der Waals surface area contributed by atoms with Crippen LogP contribution in [-0.2, 0) is 14.3 Å². The number of rotatable bonds is 5. The molecule has 1 aliphatic rings. The van der Waals surface area contributed by atoms with Crippen LogP contribution in [0.15, 0.2) is 0 Å². The zero-order chi connectivity index (χ0) is 15.3. The number of amides is 1. The molecule has 1 fully saturated rings. The van der Waals surface area contributed by atoms with Crippen LogP contribution in [0.2, 0.25) is 0 Å². The number of nitrogens with one attached hydrogen (secondary N) is 1. The Hall–Kier alpha value is -1.59. The van der Waals surface area contributed by atoms with Gasteiger partial charge in [0.1, 0.15) is 17.4 Å². The summed E-state index contributed by atoms with van der Waals surface area (Å²) in [5, 5.41) is 11.4. The lowest BCUT2D eigenvalue weighted by Crippen LogP contribution is -2.43. The van der Waals surface area contributed by atoms with Crippen molar-refractivity contribution in [3.05, 3.63) is 0 Å². The van der Waals surface area contributed by atoms with Gasteiger partial charge in [0.05, 0.1) is 0 Å². The predicted molar refractivity (Wildman–Crippen MR) is 72.4 cm³/mol. The number of alkyl carbamates (subject to hydrolysis) is 1. The van der Waals surface area contributed by atoms with Gasteiger partial charge in [0.15, 0.2) is 0 Å². The van der Waals surface area contributed by atoms with Crippen molar-refractivity contribution in [2.24, 2.45) is 5.92 Å².